The number of carbonyl (C=O) groups excluding carboxylic acids is 1. The zero-order valence-corrected chi connectivity index (χ0v) is 42.0. The molecule has 26 atom stereocenters. The molecule has 4 saturated carbocycles. The Morgan fingerprint density at radius 1 is 0.725 bits per heavy atom. The monoisotopic (exact) mass is 989 g/mol. The topological polar surface area (TPSA) is 304 Å². The van der Waals surface area contributed by atoms with Crippen molar-refractivity contribution in [1.29, 1.82) is 0 Å². The van der Waals surface area contributed by atoms with Crippen molar-refractivity contribution in [2.75, 3.05) is 13.2 Å². The molecule has 0 aromatic heterocycles. The van der Waals surface area contributed by atoms with E-state index >= 15 is 0 Å². The largest absolute Gasteiger partial charge is 0.463 e. The molecule has 7 fully saturated rings. The molecule has 3 aliphatic heterocycles. The maximum absolute atomic E-state index is 12.8. The molecule has 0 radical (unpaired) electrons. The molecule has 3 saturated heterocycles. The average molecular weight is 989 g/mol. The summed E-state index contributed by atoms with van der Waals surface area (Å²) in [5.41, 5.74) is -2.55. The van der Waals surface area contributed by atoms with E-state index in [2.05, 4.69) is 26.8 Å². The minimum absolute atomic E-state index is 0.103. The highest BCUT2D eigenvalue weighted by Gasteiger charge is 2.74. The standard InChI is InChI=1S/C50H84O19/c1-22(2)12-11-15-50(10,69-44-40(62)37(59)35(57)29(67-44)21-63-24(4)52)25-13-17-48(8)32(25)26(53)18-30-47(7)16-14-31(54)46(5,6)42(47)27(19-49(30,48)9)65-45-41(38(60)34(56)28(20-51)66-45)68-43-39(61)36(58)33(55)23(3)64-43/h12,23,25-45,51,53-62H,11,13-21H2,1-10H3. The molecule has 11 N–H and O–H groups in total. The van der Waals surface area contributed by atoms with E-state index in [1.807, 2.05) is 34.6 Å². The lowest BCUT2D eigenvalue weighted by Crippen LogP contribution is -2.71. The number of aliphatic hydroxyl groups excluding tert-OH is 11. The van der Waals surface area contributed by atoms with Gasteiger partial charge in [-0.25, -0.2) is 0 Å². The molecule has 398 valence electrons. The van der Waals surface area contributed by atoms with Gasteiger partial charge in [0.1, 0.15) is 73.8 Å². The van der Waals surface area contributed by atoms with Gasteiger partial charge in [0.25, 0.3) is 0 Å². The van der Waals surface area contributed by atoms with E-state index in [0.717, 1.165) is 5.57 Å². The van der Waals surface area contributed by atoms with E-state index in [0.29, 0.717) is 51.4 Å². The first-order chi connectivity index (χ1) is 32.1. The van der Waals surface area contributed by atoms with Crippen LogP contribution in [0.4, 0.5) is 0 Å². The molecule has 7 aliphatic rings. The number of carbonyl (C=O) groups is 1. The van der Waals surface area contributed by atoms with Crippen molar-refractivity contribution in [3.05, 3.63) is 11.6 Å². The first kappa shape index (κ1) is 55.3. The second-order valence-electron chi connectivity index (χ2n) is 23.7. The van der Waals surface area contributed by atoms with Gasteiger partial charge in [-0.05, 0) is 124 Å². The van der Waals surface area contributed by atoms with Crippen LogP contribution in [0, 0.1) is 45.3 Å². The van der Waals surface area contributed by atoms with E-state index in [9.17, 15) is 61.0 Å². The minimum Gasteiger partial charge on any atom is -0.463 e. The van der Waals surface area contributed by atoms with Gasteiger partial charge in [0.05, 0.1) is 36.6 Å². The van der Waals surface area contributed by atoms with Crippen molar-refractivity contribution in [1.82, 2.24) is 0 Å². The third-order valence-corrected chi connectivity index (χ3v) is 18.9. The SMILES string of the molecule is CC(=O)OCC1OC(OC(C)(CCC=C(C)C)C2CCC3(C)C2C(O)CC2C4(C)CCC(O)C(C)(C)C4C(OC4OC(CO)C(O)C(O)C4OC4OC(C)C(O)C(O)C4O)CC23C)C(O)C(O)C1O. The van der Waals surface area contributed by atoms with Gasteiger partial charge in [-0.15, -0.1) is 0 Å². The van der Waals surface area contributed by atoms with Gasteiger partial charge in [0.2, 0.25) is 0 Å². The highest BCUT2D eigenvalue weighted by atomic mass is 16.8. The molecule has 7 rings (SSSR count). The molecule has 0 spiro atoms. The predicted octanol–water partition coefficient (Wildman–Crippen LogP) is 0.542. The number of hydrogen-bond donors (Lipinski definition) is 11. The summed E-state index contributed by atoms with van der Waals surface area (Å²) in [7, 11) is 0. The Morgan fingerprint density at radius 2 is 1.35 bits per heavy atom. The first-order valence-corrected chi connectivity index (χ1v) is 25.2. The molecule has 26 unspecified atom stereocenters. The second-order valence-corrected chi connectivity index (χ2v) is 23.7. The van der Waals surface area contributed by atoms with Crippen LogP contribution < -0.4 is 0 Å². The van der Waals surface area contributed by atoms with Gasteiger partial charge >= 0.3 is 5.97 Å². The molecule has 19 nitrogen and oxygen atoms in total. The lowest BCUT2D eigenvalue weighted by Gasteiger charge is -2.72. The molecule has 0 aromatic carbocycles. The lowest BCUT2D eigenvalue weighted by atomic mass is 9.34. The van der Waals surface area contributed by atoms with E-state index in [1.54, 1.807) is 0 Å². The Morgan fingerprint density at radius 3 is 1.99 bits per heavy atom. The average Bonchev–Trinajstić information content (AvgIpc) is 3.66. The van der Waals surface area contributed by atoms with Gasteiger partial charge in [0, 0.05) is 6.92 Å². The molecular weight excluding hydrogens is 905 g/mol. The summed E-state index contributed by atoms with van der Waals surface area (Å²) in [5.74, 6) is -1.82. The number of rotatable bonds is 13. The summed E-state index contributed by atoms with van der Waals surface area (Å²) >= 11 is 0. The molecule has 19 heteroatoms. The molecule has 4 aliphatic carbocycles. The van der Waals surface area contributed by atoms with Crippen molar-refractivity contribution in [2.45, 2.75) is 237 Å². The molecule has 0 aromatic rings. The van der Waals surface area contributed by atoms with Crippen LogP contribution in [0.1, 0.15) is 121 Å². The van der Waals surface area contributed by atoms with Crippen LogP contribution >= 0.6 is 0 Å². The summed E-state index contributed by atoms with van der Waals surface area (Å²) in [5, 5.41) is 123. The van der Waals surface area contributed by atoms with Gasteiger partial charge in [-0.2, -0.15) is 0 Å². The molecule has 3 heterocycles. The Bertz CT molecular complexity index is 1820. The van der Waals surface area contributed by atoms with Crippen molar-refractivity contribution in [2.24, 2.45) is 45.3 Å². The van der Waals surface area contributed by atoms with Crippen LogP contribution in [0.5, 0.6) is 0 Å². The van der Waals surface area contributed by atoms with Gasteiger partial charge in [-0.1, -0.05) is 46.3 Å². The van der Waals surface area contributed by atoms with E-state index in [-0.39, 0.29) is 24.4 Å². The molecule has 0 amide bonds. The Labute approximate surface area is 406 Å². The highest BCUT2D eigenvalue weighted by molar-refractivity contribution is 5.65. The number of esters is 1. The normalized spacial score (nSPS) is 51.6. The number of allylic oxidation sites excluding steroid dienone is 2. The lowest BCUT2D eigenvalue weighted by molar-refractivity contribution is -0.382. The number of hydrogen-bond acceptors (Lipinski definition) is 19. The van der Waals surface area contributed by atoms with Crippen LogP contribution in [-0.4, -0.2) is 191 Å². The van der Waals surface area contributed by atoms with Crippen LogP contribution in [0.3, 0.4) is 0 Å². The molecule has 69 heavy (non-hydrogen) atoms. The van der Waals surface area contributed by atoms with Crippen LogP contribution in [0.15, 0.2) is 11.6 Å². The zero-order valence-electron chi connectivity index (χ0n) is 42.0. The summed E-state index contributed by atoms with van der Waals surface area (Å²) < 4.78 is 43.5. The Kier molecular flexibility index (Phi) is 16.3. The smallest absolute Gasteiger partial charge is 0.302 e. The predicted molar refractivity (Wildman–Crippen MR) is 243 cm³/mol. The maximum Gasteiger partial charge on any atom is 0.302 e. The molecular formula is C50H84O19. The van der Waals surface area contributed by atoms with Crippen LogP contribution in [-0.2, 0) is 38.0 Å². The summed E-state index contributed by atoms with van der Waals surface area (Å²) in [4.78, 5) is 11.7. The first-order valence-electron chi connectivity index (χ1n) is 25.2. The summed E-state index contributed by atoms with van der Waals surface area (Å²) in [6.07, 6.45) is -18.8. The minimum atomic E-state index is -1.76. The van der Waals surface area contributed by atoms with Crippen molar-refractivity contribution in [3.8, 4) is 0 Å². The third-order valence-electron chi connectivity index (χ3n) is 18.9. The zero-order chi connectivity index (χ0) is 51.1. The number of fused-ring (bicyclic) bond motifs is 5. The fourth-order valence-electron chi connectivity index (χ4n) is 15.1. The quantitative estimate of drug-likeness (QED) is 0.0682. The van der Waals surface area contributed by atoms with Gasteiger partial charge < -0.3 is 89.3 Å². The van der Waals surface area contributed by atoms with E-state index < -0.39 is 156 Å². The number of aliphatic hydroxyl groups is 11. The fourth-order valence-corrected chi connectivity index (χ4v) is 15.1. The van der Waals surface area contributed by atoms with E-state index in [4.69, 9.17) is 33.2 Å². The van der Waals surface area contributed by atoms with Gasteiger partial charge in [0.15, 0.2) is 18.9 Å². The van der Waals surface area contributed by atoms with Crippen molar-refractivity contribution in [3.63, 3.8) is 0 Å². The van der Waals surface area contributed by atoms with Crippen LogP contribution in [0.2, 0.25) is 0 Å². The third kappa shape index (κ3) is 9.64. The maximum atomic E-state index is 12.8. The van der Waals surface area contributed by atoms with Crippen LogP contribution in [0.25, 0.3) is 0 Å². The Hall–Kier alpha value is -1.47. The summed E-state index contributed by atoms with van der Waals surface area (Å²) in [6.45, 7) is 18.2. The fraction of sp³-hybridized carbons (Fsp3) is 0.940. The summed E-state index contributed by atoms with van der Waals surface area (Å²) in [6, 6.07) is 0. The second kappa shape index (κ2) is 20.3. The Balaban J connectivity index is 1.26. The van der Waals surface area contributed by atoms with Crippen molar-refractivity contribution >= 4 is 5.97 Å². The molecule has 0 bridgehead atoms. The van der Waals surface area contributed by atoms with E-state index in [1.165, 1.54) is 13.8 Å². The van der Waals surface area contributed by atoms with Gasteiger partial charge in [-0.3, -0.25) is 4.79 Å². The number of ether oxygens (including phenoxy) is 7. The highest BCUT2D eigenvalue weighted by Crippen LogP contribution is 2.76. The van der Waals surface area contributed by atoms with Crippen molar-refractivity contribution < 1.29 is 94.1 Å².